The maximum atomic E-state index is 12.0. The van der Waals surface area contributed by atoms with Crippen molar-refractivity contribution in [3.63, 3.8) is 0 Å². The third-order valence-corrected chi connectivity index (χ3v) is 9.15. The van der Waals surface area contributed by atoms with Gasteiger partial charge >= 0.3 is 0 Å². The molecule has 4 aromatic rings. The van der Waals surface area contributed by atoms with Crippen molar-refractivity contribution in [2.45, 2.75) is 44.4 Å². The van der Waals surface area contributed by atoms with Gasteiger partial charge in [0.15, 0.2) is 0 Å². The summed E-state index contributed by atoms with van der Waals surface area (Å²) in [5, 5.41) is 13.3. The van der Waals surface area contributed by atoms with E-state index in [1.165, 1.54) is 0 Å². The number of hydrogen-bond acceptors (Lipinski definition) is 9. The number of carbonyl (C=O) groups excluding carboxylic acids is 2. The Kier molecular flexibility index (Phi) is 10.2. The normalized spacial score (nSPS) is 17.4. The van der Waals surface area contributed by atoms with E-state index in [0.29, 0.717) is 82.6 Å². The molecule has 2 aliphatic heterocycles. The second kappa shape index (κ2) is 14.6. The average molecular weight is 677 g/mol. The van der Waals surface area contributed by atoms with Crippen LogP contribution in [0.4, 0.5) is 0 Å². The summed E-state index contributed by atoms with van der Waals surface area (Å²) in [6, 6.07) is 15.1. The molecule has 2 fully saturated rings. The number of halogens is 2. The van der Waals surface area contributed by atoms with Crippen LogP contribution in [0.5, 0.6) is 11.8 Å². The van der Waals surface area contributed by atoms with Gasteiger partial charge in [0.05, 0.1) is 47.9 Å². The van der Waals surface area contributed by atoms with Gasteiger partial charge in [-0.2, -0.15) is 0 Å². The van der Waals surface area contributed by atoms with Crippen molar-refractivity contribution in [1.82, 2.24) is 36.2 Å². The van der Waals surface area contributed by atoms with E-state index in [1.54, 1.807) is 20.4 Å². The number of benzene rings is 2. The third kappa shape index (κ3) is 7.18. The van der Waals surface area contributed by atoms with E-state index in [9.17, 15) is 9.59 Å². The summed E-state index contributed by atoms with van der Waals surface area (Å²) in [5.74, 6) is 0.921. The number of carbonyl (C=O) groups is 2. The fourth-order valence-electron chi connectivity index (χ4n) is 5.83. The molecule has 4 N–H and O–H groups in total. The topological polar surface area (TPSA) is 139 Å². The number of nitrogens with one attached hydrogen (secondary N) is 4. The van der Waals surface area contributed by atoms with Crippen LogP contribution in [0, 0.1) is 0 Å². The Labute approximate surface area is 282 Å². The van der Waals surface area contributed by atoms with Gasteiger partial charge in [-0.15, -0.1) is 0 Å². The van der Waals surface area contributed by atoms with Crippen LogP contribution in [0.2, 0.25) is 10.0 Å². The van der Waals surface area contributed by atoms with Crippen molar-refractivity contribution in [2.75, 3.05) is 27.3 Å². The van der Waals surface area contributed by atoms with Crippen LogP contribution in [0.25, 0.3) is 33.6 Å². The van der Waals surface area contributed by atoms with E-state index in [-0.39, 0.29) is 23.9 Å². The predicted molar refractivity (Wildman–Crippen MR) is 180 cm³/mol. The highest BCUT2D eigenvalue weighted by Gasteiger charge is 2.24. The average Bonchev–Trinajstić information content (AvgIpc) is 3.70. The summed E-state index contributed by atoms with van der Waals surface area (Å²) in [4.78, 5) is 37.5. The van der Waals surface area contributed by atoms with Crippen molar-refractivity contribution < 1.29 is 19.1 Å². The van der Waals surface area contributed by atoms with Crippen LogP contribution in [-0.4, -0.2) is 66.2 Å². The Morgan fingerprint density at radius 3 is 2.17 bits per heavy atom. The number of methoxy groups -OCH3 is 2. The second-order valence-electron chi connectivity index (χ2n) is 11.4. The number of nitrogens with zero attached hydrogens (tertiary/aromatic N) is 3. The monoisotopic (exact) mass is 675 g/mol. The molecule has 0 spiro atoms. The number of rotatable bonds is 12. The van der Waals surface area contributed by atoms with Crippen LogP contribution >= 0.6 is 23.2 Å². The zero-order valence-electron chi connectivity index (χ0n) is 26.0. The van der Waals surface area contributed by atoms with Gasteiger partial charge in [-0.3, -0.25) is 14.6 Å². The van der Waals surface area contributed by atoms with E-state index in [4.69, 9.17) is 42.6 Å². The molecule has 2 saturated heterocycles. The molecule has 2 aromatic heterocycles. The molecule has 2 aromatic carbocycles. The minimum absolute atomic E-state index is 0.00330. The van der Waals surface area contributed by atoms with Gasteiger partial charge < -0.3 is 30.7 Å². The molecule has 11 nitrogen and oxygen atoms in total. The molecule has 0 unspecified atom stereocenters. The standard InChI is InChI=1S/C34H35Cl2N7O4/c1-46-33-19(15-39-26-13-14-38-32(26)45)9-11-25(42-33)23-7-3-5-21(30(23)35)22-6-4-8-24(31(22)36)27-18-40-28(34(43-27)47-2)17-37-16-20-10-12-29(44)41-20/h3-9,11,18,20,26,37,39H,10,12-17H2,1-2H3,(H,38,45)(H,41,44)/t20-,26-/m0/s1. The largest absolute Gasteiger partial charge is 0.481 e. The lowest BCUT2D eigenvalue weighted by Crippen LogP contribution is -2.35. The molecule has 13 heteroatoms. The van der Waals surface area contributed by atoms with Crippen molar-refractivity contribution >= 4 is 35.0 Å². The van der Waals surface area contributed by atoms with Gasteiger partial charge in [0.2, 0.25) is 23.6 Å². The Balaban J connectivity index is 1.23. The molecule has 47 heavy (non-hydrogen) atoms. The van der Waals surface area contributed by atoms with Crippen LogP contribution < -0.4 is 30.7 Å². The fraction of sp³-hybridized carbons (Fsp3) is 0.324. The smallest absolute Gasteiger partial charge is 0.237 e. The van der Waals surface area contributed by atoms with E-state index in [2.05, 4.69) is 26.3 Å². The summed E-state index contributed by atoms with van der Waals surface area (Å²) in [5.41, 5.74) is 5.53. The summed E-state index contributed by atoms with van der Waals surface area (Å²) in [6.45, 7) is 2.18. The molecular formula is C34H35Cl2N7O4. The summed E-state index contributed by atoms with van der Waals surface area (Å²) in [6.07, 6.45) is 3.78. The Hall–Kier alpha value is -4.29. The van der Waals surface area contributed by atoms with Crippen molar-refractivity contribution in [3.8, 4) is 45.4 Å². The highest BCUT2D eigenvalue weighted by molar-refractivity contribution is 6.39. The summed E-state index contributed by atoms with van der Waals surface area (Å²) >= 11 is 14.1. The lowest BCUT2D eigenvalue weighted by molar-refractivity contribution is -0.121. The lowest BCUT2D eigenvalue weighted by atomic mass is 9.98. The van der Waals surface area contributed by atoms with Gasteiger partial charge in [0, 0.05) is 66.5 Å². The quantitative estimate of drug-likeness (QED) is 0.170. The molecule has 2 aliphatic rings. The molecule has 244 valence electrons. The first kappa shape index (κ1) is 32.6. The van der Waals surface area contributed by atoms with E-state index in [0.717, 1.165) is 29.5 Å². The molecule has 0 aliphatic carbocycles. The second-order valence-corrected chi connectivity index (χ2v) is 12.1. The zero-order valence-corrected chi connectivity index (χ0v) is 27.5. The molecule has 2 amide bonds. The first-order chi connectivity index (χ1) is 22.9. The number of aromatic nitrogens is 3. The summed E-state index contributed by atoms with van der Waals surface area (Å²) < 4.78 is 11.2. The van der Waals surface area contributed by atoms with Crippen LogP contribution in [0.3, 0.4) is 0 Å². The van der Waals surface area contributed by atoms with Crippen LogP contribution in [0.15, 0.2) is 54.7 Å². The highest BCUT2D eigenvalue weighted by atomic mass is 35.5. The minimum atomic E-state index is -0.230. The highest BCUT2D eigenvalue weighted by Crippen LogP contribution is 2.42. The van der Waals surface area contributed by atoms with Crippen molar-refractivity contribution in [1.29, 1.82) is 0 Å². The van der Waals surface area contributed by atoms with Gasteiger partial charge in [-0.05, 0) is 18.9 Å². The van der Waals surface area contributed by atoms with Gasteiger partial charge in [-0.25, -0.2) is 9.97 Å². The third-order valence-electron chi connectivity index (χ3n) is 8.33. The van der Waals surface area contributed by atoms with Crippen molar-refractivity contribution in [3.05, 3.63) is 76.0 Å². The number of pyridine rings is 1. The molecule has 2 atom stereocenters. The van der Waals surface area contributed by atoms with Crippen LogP contribution in [-0.2, 0) is 22.7 Å². The molecule has 6 rings (SSSR count). The fourth-order valence-corrected chi connectivity index (χ4v) is 6.48. The van der Waals surface area contributed by atoms with E-state index >= 15 is 0 Å². The predicted octanol–water partition coefficient (Wildman–Crippen LogP) is 4.54. The Morgan fingerprint density at radius 2 is 1.53 bits per heavy atom. The minimum Gasteiger partial charge on any atom is -0.481 e. The van der Waals surface area contributed by atoms with Gasteiger partial charge in [-0.1, -0.05) is 65.7 Å². The maximum Gasteiger partial charge on any atom is 0.237 e. The lowest BCUT2D eigenvalue weighted by Gasteiger charge is -2.16. The van der Waals surface area contributed by atoms with Gasteiger partial charge in [0.1, 0.15) is 5.69 Å². The molecule has 4 heterocycles. The molecule has 0 saturated carbocycles. The first-order valence-electron chi connectivity index (χ1n) is 15.4. The first-order valence-corrected chi connectivity index (χ1v) is 16.1. The Bertz CT molecular complexity index is 1800. The Morgan fingerprint density at radius 1 is 0.851 bits per heavy atom. The van der Waals surface area contributed by atoms with Gasteiger partial charge in [0.25, 0.3) is 0 Å². The maximum absolute atomic E-state index is 12.0. The SMILES string of the molecule is COc1nc(-c2cccc(-c3cccc(-c4cnc(CNC[C@@H]5CCC(=O)N5)c(OC)n4)c3Cl)c2Cl)ccc1CN[C@H]1CCNC1=O. The van der Waals surface area contributed by atoms with E-state index < -0.39 is 0 Å². The van der Waals surface area contributed by atoms with E-state index in [1.807, 2.05) is 48.5 Å². The summed E-state index contributed by atoms with van der Waals surface area (Å²) in [7, 11) is 3.12. The molecule has 0 radical (unpaired) electrons. The molecule has 0 bridgehead atoms. The van der Waals surface area contributed by atoms with Crippen LogP contribution in [0.1, 0.15) is 30.5 Å². The zero-order chi connectivity index (χ0) is 32.9. The molecular weight excluding hydrogens is 641 g/mol. The number of amides is 2. The van der Waals surface area contributed by atoms with Crippen molar-refractivity contribution in [2.24, 2.45) is 0 Å². The number of ether oxygens (including phenoxy) is 2. The number of hydrogen-bond donors (Lipinski definition) is 4.